The Bertz CT molecular complexity index is 328. The van der Waals surface area contributed by atoms with Crippen molar-refractivity contribution in [2.24, 2.45) is 0 Å². The van der Waals surface area contributed by atoms with Gasteiger partial charge in [-0.1, -0.05) is 25.8 Å². The van der Waals surface area contributed by atoms with E-state index in [0.29, 0.717) is 11.3 Å². The zero-order chi connectivity index (χ0) is 12.0. The van der Waals surface area contributed by atoms with E-state index >= 15 is 0 Å². The Balaban J connectivity index is 2.97. The van der Waals surface area contributed by atoms with Crippen molar-refractivity contribution in [3.63, 3.8) is 0 Å². The summed E-state index contributed by atoms with van der Waals surface area (Å²) in [4.78, 5) is 0. The highest BCUT2D eigenvalue weighted by molar-refractivity contribution is 5.37. The number of nitrogens with one attached hydrogen (secondary N) is 1. The van der Waals surface area contributed by atoms with Crippen LogP contribution >= 0.6 is 0 Å². The first-order valence-corrected chi connectivity index (χ1v) is 5.74. The SMILES string of the molecule is CCCCC(NC)c1c(F)cccc1OC. The fourth-order valence-electron chi connectivity index (χ4n) is 1.87. The average Bonchev–Trinajstić information content (AvgIpc) is 2.31. The van der Waals surface area contributed by atoms with Crippen LogP contribution in [0.4, 0.5) is 4.39 Å². The number of ether oxygens (including phenoxy) is 1. The minimum Gasteiger partial charge on any atom is -0.496 e. The average molecular weight is 225 g/mol. The Morgan fingerprint density at radius 1 is 1.44 bits per heavy atom. The number of methoxy groups -OCH3 is 1. The van der Waals surface area contributed by atoms with Crippen molar-refractivity contribution in [1.82, 2.24) is 5.32 Å². The molecule has 3 heteroatoms. The summed E-state index contributed by atoms with van der Waals surface area (Å²) in [5, 5.41) is 3.15. The molecule has 2 nitrogen and oxygen atoms in total. The largest absolute Gasteiger partial charge is 0.496 e. The highest BCUT2D eigenvalue weighted by Gasteiger charge is 2.18. The molecular weight excluding hydrogens is 205 g/mol. The molecule has 1 aromatic rings. The van der Waals surface area contributed by atoms with E-state index < -0.39 is 0 Å². The van der Waals surface area contributed by atoms with Gasteiger partial charge in [-0.05, 0) is 25.6 Å². The van der Waals surface area contributed by atoms with Crippen molar-refractivity contribution in [2.75, 3.05) is 14.2 Å². The quantitative estimate of drug-likeness (QED) is 0.802. The summed E-state index contributed by atoms with van der Waals surface area (Å²) in [6.45, 7) is 2.13. The Kier molecular flexibility index (Phi) is 5.26. The normalized spacial score (nSPS) is 12.5. The first-order valence-electron chi connectivity index (χ1n) is 5.74. The lowest BCUT2D eigenvalue weighted by atomic mass is 10.00. The van der Waals surface area contributed by atoms with Crippen molar-refractivity contribution < 1.29 is 9.13 Å². The predicted molar refractivity (Wildman–Crippen MR) is 64.3 cm³/mol. The van der Waals surface area contributed by atoms with Crippen LogP contribution in [0.2, 0.25) is 0 Å². The van der Waals surface area contributed by atoms with Crippen molar-refractivity contribution in [3.05, 3.63) is 29.6 Å². The van der Waals surface area contributed by atoms with Gasteiger partial charge in [0.1, 0.15) is 11.6 Å². The smallest absolute Gasteiger partial charge is 0.131 e. The van der Waals surface area contributed by atoms with Gasteiger partial charge in [-0.15, -0.1) is 0 Å². The molecule has 0 amide bonds. The summed E-state index contributed by atoms with van der Waals surface area (Å²) in [5.41, 5.74) is 0.640. The van der Waals surface area contributed by atoms with Crippen LogP contribution in [0.3, 0.4) is 0 Å². The molecule has 1 atom stereocenters. The number of hydrogen-bond donors (Lipinski definition) is 1. The Hall–Kier alpha value is -1.09. The highest BCUT2D eigenvalue weighted by Crippen LogP contribution is 2.30. The van der Waals surface area contributed by atoms with Gasteiger partial charge >= 0.3 is 0 Å². The summed E-state index contributed by atoms with van der Waals surface area (Å²) in [5.74, 6) is 0.422. The lowest BCUT2D eigenvalue weighted by Gasteiger charge is -2.19. The topological polar surface area (TPSA) is 21.3 Å². The number of hydrogen-bond acceptors (Lipinski definition) is 2. The van der Waals surface area contributed by atoms with Crippen LogP contribution in [0, 0.1) is 5.82 Å². The molecule has 0 saturated heterocycles. The second-order valence-electron chi connectivity index (χ2n) is 3.84. The second kappa shape index (κ2) is 6.48. The molecule has 0 aliphatic heterocycles. The van der Waals surface area contributed by atoms with E-state index in [2.05, 4.69) is 12.2 Å². The van der Waals surface area contributed by atoms with Gasteiger partial charge in [0.15, 0.2) is 0 Å². The van der Waals surface area contributed by atoms with E-state index in [0.717, 1.165) is 19.3 Å². The third kappa shape index (κ3) is 2.95. The molecule has 16 heavy (non-hydrogen) atoms. The maximum Gasteiger partial charge on any atom is 0.131 e. The van der Waals surface area contributed by atoms with Gasteiger partial charge in [-0.3, -0.25) is 0 Å². The van der Waals surface area contributed by atoms with E-state index in [-0.39, 0.29) is 11.9 Å². The van der Waals surface area contributed by atoms with Crippen molar-refractivity contribution in [3.8, 4) is 5.75 Å². The third-order valence-electron chi connectivity index (χ3n) is 2.78. The Morgan fingerprint density at radius 3 is 2.75 bits per heavy atom. The van der Waals surface area contributed by atoms with Crippen LogP contribution < -0.4 is 10.1 Å². The molecule has 1 rings (SSSR count). The van der Waals surface area contributed by atoms with Gasteiger partial charge in [0, 0.05) is 11.6 Å². The molecule has 0 spiro atoms. The van der Waals surface area contributed by atoms with Crippen LogP contribution in [0.5, 0.6) is 5.75 Å². The maximum absolute atomic E-state index is 13.8. The summed E-state index contributed by atoms with van der Waals surface area (Å²) >= 11 is 0. The summed E-state index contributed by atoms with van der Waals surface area (Å²) < 4.78 is 19.0. The Morgan fingerprint density at radius 2 is 2.19 bits per heavy atom. The molecule has 0 aliphatic rings. The minimum atomic E-state index is -0.199. The van der Waals surface area contributed by atoms with Gasteiger partial charge in [0.2, 0.25) is 0 Å². The molecule has 1 N–H and O–H groups in total. The van der Waals surface area contributed by atoms with Crippen LogP contribution in [0.1, 0.15) is 37.8 Å². The zero-order valence-corrected chi connectivity index (χ0v) is 10.2. The van der Waals surface area contributed by atoms with E-state index in [1.807, 2.05) is 7.05 Å². The minimum absolute atomic E-state index is 0.0242. The predicted octanol–water partition coefficient (Wildman–Crippen LogP) is 3.29. The monoisotopic (exact) mass is 225 g/mol. The fraction of sp³-hybridized carbons (Fsp3) is 0.538. The first kappa shape index (κ1) is 13.0. The number of unbranched alkanes of at least 4 members (excludes halogenated alkanes) is 1. The molecule has 90 valence electrons. The van der Waals surface area contributed by atoms with Crippen LogP contribution in [-0.4, -0.2) is 14.2 Å². The van der Waals surface area contributed by atoms with Gasteiger partial charge in [0.25, 0.3) is 0 Å². The molecule has 0 fully saturated rings. The summed E-state index contributed by atoms with van der Waals surface area (Å²) in [6.07, 6.45) is 3.10. The van der Waals surface area contributed by atoms with Crippen molar-refractivity contribution in [2.45, 2.75) is 32.2 Å². The van der Waals surface area contributed by atoms with Crippen LogP contribution in [0.15, 0.2) is 18.2 Å². The van der Waals surface area contributed by atoms with E-state index in [4.69, 9.17) is 4.74 Å². The standard InChI is InChI=1S/C13H20FNO/c1-4-5-8-11(15-2)13-10(14)7-6-9-12(13)16-3/h6-7,9,11,15H,4-5,8H2,1-3H3. The van der Waals surface area contributed by atoms with Crippen LogP contribution in [0.25, 0.3) is 0 Å². The van der Waals surface area contributed by atoms with Gasteiger partial charge in [-0.2, -0.15) is 0 Å². The van der Waals surface area contributed by atoms with Gasteiger partial charge in [0.05, 0.1) is 7.11 Å². The van der Waals surface area contributed by atoms with Gasteiger partial charge in [-0.25, -0.2) is 4.39 Å². The fourth-order valence-corrected chi connectivity index (χ4v) is 1.87. The summed E-state index contributed by atoms with van der Waals surface area (Å²) in [7, 11) is 3.43. The molecule has 0 heterocycles. The number of benzene rings is 1. The highest BCUT2D eigenvalue weighted by atomic mass is 19.1. The molecule has 0 aromatic heterocycles. The lowest BCUT2D eigenvalue weighted by Crippen LogP contribution is -2.18. The molecule has 0 aliphatic carbocycles. The molecule has 1 aromatic carbocycles. The van der Waals surface area contributed by atoms with E-state index in [1.165, 1.54) is 6.07 Å². The van der Waals surface area contributed by atoms with Crippen LogP contribution in [-0.2, 0) is 0 Å². The van der Waals surface area contributed by atoms with Crippen molar-refractivity contribution in [1.29, 1.82) is 0 Å². The molecule has 0 radical (unpaired) electrons. The van der Waals surface area contributed by atoms with E-state index in [1.54, 1.807) is 19.2 Å². The molecule has 0 bridgehead atoms. The zero-order valence-electron chi connectivity index (χ0n) is 10.2. The second-order valence-corrected chi connectivity index (χ2v) is 3.84. The summed E-state index contributed by atoms with van der Waals surface area (Å²) in [6, 6.07) is 4.98. The maximum atomic E-state index is 13.8. The molecule has 1 unspecified atom stereocenters. The van der Waals surface area contributed by atoms with E-state index in [9.17, 15) is 4.39 Å². The first-order chi connectivity index (χ1) is 7.74. The molecular formula is C13H20FNO. The number of halogens is 1. The Labute approximate surface area is 96.8 Å². The van der Waals surface area contributed by atoms with Gasteiger partial charge < -0.3 is 10.1 Å². The molecule has 0 saturated carbocycles. The third-order valence-corrected chi connectivity index (χ3v) is 2.78. The lowest BCUT2D eigenvalue weighted by molar-refractivity contribution is 0.388. The van der Waals surface area contributed by atoms with Crippen molar-refractivity contribution >= 4 is 0 Å². The number of rotatable bonds is 6.